The molecule has 0 saturated carbocycles. The second-order valence-corrected chi connectivity index (χ2v) is 6.20. The van der Waals surface area contributed by atoms with Crippen molar-refractivity contribution in [3.63, 3.8) is 0 Å². The molecule has 0 amide bonds. The predicted molar refractivity (Wildman–Crippen MR) is 79.4 cm³/mol. The maximum atomic E-state index is 7.39. The predicted octanol–water partition coefficient (Wildman–Crippen LogP) is 2.83. The number of nitrogens with one attached hydrogen (secondary N) is 1. The van der Waals surface area contributed by atoms with E-state index in [4.69, 9.17) is 11.1 Å². The van der Waals surface area contributed by atoms with E-state index in [1.807, 2.05) is 24.1 Å². The Morgan fingerprint density at radius 2 is 2.33 bits per heavy atom. The van der Waals surface area contributed by atoms with Gasteiger partial charge in [-0.15, -0.1) is 11.3 Å². The Labute approximate surface area is 118 Å². The number of halogens is 1. The molecule has 6 heteroatoms. The molecule has 2 rings (SSSR count). The fourth-order valence-corrected chi connectivity index (χ4v) is 2.77. The van der Waals surface area contributed by atoms with Crippen molar-refractivity contribution in [1.29, 1.82) is 5.41 Å². The lowest BCUT2D eigenvalue weighted by atomic mass is 10.3. The van der Waals surface area contributed by atoms with Crippen molar-refractivity contribution in [2.75, 3.05) is 11.9 Å². The van der Waals surface area contributed by atoms with E-state index in [0.29, 0.717) is 5.69 Å². The van der Waals surface area contributed by atoms with Gasteiger partial charge in [0.2, 0.25) is 0 Å². The summed E-state index contributed by atoms with van der Waals surface area (Å²) in [6.45, 7) is 0.774. The van der Waals surface area contributed by atoms with Gasteiger partial charge < -0.3 is 10.6 Å². The van der Waals surface area contributed by atoms with Gasteiger partial charge in [-0.3, -0.25) is 5.41 Å². The van der Waals surface area contributed by atoms with Crippen LogP contribution in [0.4, 0.5) is 5.82 Å². The molecule has 0 unspecified atom stereocenters. The van der Waals surface area contributed by atoms with E-state index in [0.717, 1.165) is 16.1 Å². The van der Waals surface area contributed by atoms with E-state index in [2.05, 4.69) is 32.4 Å². The molecule has 4 nitrogen and oxygen atoms in total. The number of anilines is 1. The Bertz CT molecular complexity index is 567. The summed E-state index contributed by atoms with van der Waals surface area (Å²) in [5.41, 5.74) is 7.17. The van der Waals surface area contributed by atoms with Crippen molar-refractivity contribution < 1.29 is 0 Å². The molecular formula is C12H13BrN4S. The molecule has 2 aromatic heterocycles. The summed E-state index contributed by atoms with van der Waals surface area (Å²) < 4.78 is 1.12. The molecule has 0 radical (unpaired) electrons. The lowest BCUT2D eigenvalue weighted by Gasteiger charge is -2.17. The van der Waals surface area contributed by atoms with Crippen molar-refractivity contribution >= 4 is 38.9 Å². The van der Waals surface area contributed by atoms with E-state index in [1.54, 1.807) is 17.4 Å². The number of nitrogen functional groups attached to an aromatic ring is 1. The second kappa shape index (κ2) is 5.49. The molecule has 18 heavy (non-hydrogen) atoms. The van der Waals surface area contributed by atoms with Gasteiger partial charge in [-0.2, -0.15) is 0 Å². The number of hydrogen-bond acceptors (Lipinski definition) is 4. The van der Waals surface area contributed by atoms with Crippen LogP contribution >= 0.6 is 27.3 Å². The summed E-state index contributed by atoms with van der Waals surface area (Å²) in [5.74, 6) is 0.800. The molecule has 94 valence electrons. The molecule has 0 aliphatic carbocycles. The number of rotatable bonds is 4. The number of pyridine rings is 1. The summed E-state index contributed by atoms with van der Waals surface area (Å²) in [5, 5.41) is 9.50. The summed E-state index contributed by atoms with van der Waals surface area (Å²) in [6, 6.07) is 7.60. The SMILES string of the molecule is CN(Cc1csc(Br)c1)c1cccc(C(=N)N)n1. The first-order valence-electron chi connectivity index (χ1n) is 5.32. The van der Waals surface area contributed by atoms with Gasteiger partial charge in [0.15, 0.2) is 0 Å². The van der Waals surface area contributed by atoms with Gasteiger partial charge in [0.25, 0.3) is 0 Å². The Morgan fingerprint density at radius 3 is 2.94 bits per heavy atom. The van der Waals surface area contributed by atoms with Crippen LogP contribution in [0.3, 0.4) is 0 Å². The van der Waals surface area contributed by atoms with E-state index in [-0.39, 0.29) is 5.84 Å². The van der Waals surface area contributed by atoms with Crippen LogP contribution < -0.4 is 10.6 Å². The van der Waals surface area contributed by atoms with Crippen LogP contribution in [0, 0.1) is 5.41 Å². The first-order valence-corrected chi connectivity index (χ1v) is 6.99. The van der Waals surface area contributed by atoms with Crippen LogP contribution in [0.2, 0.25) is 0 Å². The topological polar surface area (TPSA) is 66.0 Å². The van der Waals surface area contributed by atoms with Gasteiger partial charge >= 0.3 is 0 Å². The van der Waals surface area contributed by atoms with Crippen LogP contribution in [0.5, 0.6) is 0 Å². The molecule has 0 aromatic carbocycles. The molecular weight excluding hydrogens is 312 g/mol. The summed E-state index contributed by atoms with van der Waals surface area (Å²) in [7, 11) is 1.97. The summed E-state index contributed by atoms with van der Waals surface area (Å²) in [4.78, 5) is 6.37. The highest BCUT2D eigenvalue weighted by atomic mass is 79.9. The summed E-state index contributed by atoms with van der Waals surface area (Å²) >= 11 is 5.11. The molecule has 0 spiro atoms. The molecule has 0 atom stereocenters. The first kappa shape index (κ1) is 13.0. The Morgan fingerprint density at radius 1 is 1.56 bits per heavy atom. The lowest BCUT2D eigenvalue weighted by molar-refractivity contribution is 0.899. The molecule has 2 heterocycles. The minimum Gasteiger partial charge on any atom is -0.382 e. The molecule has 0 saturated heterocycles. The Hall–Kier alpha value is -1.40. The third kappa shape index (κ3) is 3.08. The molecule has 0 fully saturated rings. The third-order valence-corrected chi connectivity index (χ3v) is 4.00. The largest absolute Gasteiger partial charge is 0.382 e. The quantitative estimate of drug-likeness (QED) is 0.671. The van der Waals surface area contributed by atoms with E-state index in [9.17, 15) is 0 Å². The molecule has 2 aromatic rings. The van der Waals surface area contributed by atoms with Gasteiger partial charge in [-0.1, -0.05) is 6.07 Å². The highest BCUT2D eigenvalue weighted by Crippen LogP contribution is 2.22. The fourth-order valence-electron chi connectivity index (χ4n) is 1.57. The standard InChI is InChI=1S/C12H13BrN4S/c1-17(6-8-5-10(13)18-7-8)11-4-2-3-9(16-11)12(14)15/h2-5,7H,6H2,1H3,(H3,14,15). The van der Waals surface area contributed by atoms with Crippen molar-refractivity contribution in [2.24, 2.45) is 5.73 Å². The molecule has 0 aliphatic heterocycles. The number of aromatic nitrogens is 1. The zero-order chi connectivity index (χ0) is 13.1. The van der Waals surface area contributed by atoms with Gasteiger partial charge in [-0.05, 0) is 45.1 Å². The average molecular weight is 325 g/mol. The van der Waals surface area contributed by atoms with Crippen molar-refractivity contribution in [1.82, 2.24) is 4.98 Å². The minimum atomic E-state index is -0.0106. The van der Waals surface area contributed by atoms with E-state index >= 15 is 0 Å². The van der Waals surface area contributed by atoms with Crippen molar-refractivity contribution in [3.8, 4) is 0 Å². The van der Waals surface area contributed by atoms with E-state index in [1.165, 1.54) is 5.56 Å². The van der Waals surface area contributed by atoms with Crippen molar-refractivity contribution in [3.05, 3.63) is 44.7 Å². The summed E-state index contributed by atoms with van der Waals surface area (Å²) in [6.07, 6.45) is 0. The number of amidine groups is 1. The lowest BCUT2D eigenvalue weighted by Crippen LogP contribution is -2.20. The molecule has 0 bridgehead atoms. The maximum absolute atomic E-state index is 7.39. The van der Waals surface area contributed by atoms with Crippen LogP contribution in [-0.4, -0.2) is 17.9 Å². The average Bonchev–Trinajstić information content (AvgIpc) is 2.75. The normalized spacial score (nSPS) is 10.3. The molecule has 0 aliphatic rings. The van der Waals surface area contributed by atoms with Crippen LogP contribution in [0.25, 0.3) is 0 Å². The van der Waals surface area contributed by atoms with Gasteiger partial charge in [0, 0.05) is 13.6 Å². The maximum Gasteiger partial charge on any atom is 0.141 e. The van der Waals surface area contributed by atoms with Gasteiger partial charge in [0.1, 0.15) is 17.3 Å². The second-order valence-electron chi connectivity index (χ2n) is 3.91. The van der Waals surface area contributed by atoms with Crippen LogP contribution in [0.1, 0.15) is 11.3 Å². The number of nitrogens with zero attached hydrogens (tertiary/aromatic N) is 2. The molecule has 3 N–H and O–H groups in total. The number of thiophene rings is 1. The number of hydrogen-bond donors (Lipinski definition) is 2. The highest BCUT2D eigenvalue weighted by Gasteiger charge is 2.07. The Balaban J connectivity index is 2.15. The highest BCUT2D eigenvalue weighted by molar-refractivity contribution is 9.11. The smallest absolute Gasteiger partial charge is 0.141 e. The number of nitrogens with two attached hydrogens (primary N) is 1. The van der Waals surface area contributed by atoms with Crippen molar-refractivity contribution in [2.45, 2.75) is 6.54 Å². The van der Waals surface area contributed by atoms with E-state index < -0.39 is 0 Å². The monoisotopic (exact) mass is 324 g/mol. The van der Waals surface area contributed by atoms with Gasteiger partial charge in [-0.25, -0.2) is 4.98 Å². The van der Waals surface area contributed by atoms with Crippen LogP contribution in [0.15, 0.2) is 33.4 Å². The van der Waals surface area contributed by atoms with Gasteiger partial charge in [0.05, 0.1) is 3.79 Å². The third-order valence-electron chi connectivity index (χ3n) is 2.44. The zero-order valence-electron chi connectivity index (χ0n) is 9.85. The first-order chi connectivity index (χ1) is 8.56. The minimum absolute atomic E-state index is 0.0106. The zero-order valence-corrected chi connectivity index (χ0v) is 12.3. The Kier molecular flexibility index (Phi) is 3.98. The van der Waals surface area contributed by atoms with Crippen LogP contribution in [-0.2, 0) is 6.54 Å². The fraction of sp³-hybridized carbons (Fsp3) is 0.167.